The predicted octanol–water partition coefficient (Wildman–Crippen LogP) is 8.19. The molecule has 0 heterocycles. The monoisotopic (exact) mass is 498 g/mol. The van der Waals surface area contributed by atoms with Crippen LogP contribution in [-0.4, -0.2) is 5.11 Å². The molecule has 0 amide bonds. The zero-order chi connectivity index (χ0) is 24.8. The third kappa shape index (κ3) is 6.18. The smallest absolute Gasteiger partial charge is 0.123 e. The highest BCUT2D eigenvalue weighted by molar-refractivity contribution is 7.80. The van der Waals surface area contributed by atoms with Gasteiger partial charge in [0.1, 0.15) is 5.75 Å². The fourth-order valence-corrected chi connectivity index (χ4v) is 6.75. The number of benzene rings is 4. The number of phenols is 1. The van der Waals surface area contributed by atoms with Gasteiger partial charge in [0.15, 0.2) is 0 Å². The summed E-state index contributed by atoms with van der Waals surface area (Å²) < 4.78 is 0. The first-order valence-corrected chi connectivity index (χ1v) is 13.9. The molecule has 180 valence electrons. The summed E-state index contributed by atoms with van der Waals surface area (Å²) >= 11 is 4.74. The molecule has 3 atom stereocenters. The molecule has 0 aliphatic heterocycles. The molecule has 0 bridgehead atoms. The van der Waals surface area contributed by atoms with E-state index in [0.717, 1.165) is 30.4 Å². The highest BCUT2D eigenvalue weighted by atomic mass is 32.1. The van der Waals surface area contributed by atoms with Crippen LogP contribution in [0.4, 0.5) is 0 Å². The van der Waals surface area contributed by atoms with E-state index in [9.17, 15) is 5.11 Å². The van der Waals surface area contributed by atoms with Crippen LogP contribution in [-0.2, 0) is 18.0 Å². The average molecular weight is 499 g/mol. The molecule has 0 saturated carbocycles. The van der Waals surface area contributed by atoms with E-state index < -0.39 is 0 Å². The van der Waals surface area contributed by atoms with Crippen molar-refractivity contribution in [3.63, 3.8) is 0 Å². The first-order chi connectivity index (χ1) is 16.9. The fourth-order valence-electron chi connectivity index (χ4n) is 4.68. The lowest BCUT2D eigenvalue weighted by Gasteiger charge is -2.32. The van der Waals surface area contributed by atoms with Gasteiger partial charge in [-0.05, 0) is 52.9 Å². The van der Waals surface area contributed by atoms with Gasteiger partial charge < -0.3 is 5.11 Å². The molecule has 0 aromatic heterocycles. The summed E-state index contributed by atoms with van der Waals surface area (Å²) in [5.74, 6) is 0.443. The van der Waals surface area contributed by atoms with Crippen molar-refractivity contribution in [3.8, 4) is 5.75 Å². The Morgan fingerprint density at radius 2 is 1.37 bits per heavy atom. The topological polar surface area (TPSA) is 20.2 Å². The molecule has 35 heavy (non-hydrogen) atoms. The van der Waals surface area contributed by atoms with Crippen molar-refractivity contribution in [2.45, 2.75) is 50.4 Å². The summed E-state index contributed by atoms with van der Waals surface area (Å²) in [6, 6.07) is 34.1. The maximum absolute atomic E-state index is 11.7. The van der Waals surface area contributed by atoms with E-state index >= 15 is 0 Å². The Kier molecular flexibility index (Phi) is 8.37. The Morgan fingerprint density at radius 1 is 0.800 bits per heavy atom. The molecule has 0 aliphatic carbocycles. The van der Waals surface area contributed by atoms with Crippen LogP contribution >= 0.6 is 21.2 Å². The number of phenolic OH excluding ortho intramolecular Hbond substituents is 1. The van der Waals surface area contributed by atoms with Crippen LogP contribution in [0.5, 0.6) is 5.75 Å². The largest absolute Gasteiger partial charge is 0.507 e. The van der Waals surface area contributed by atoms with Gasteiger partial charge in [0.05, 0.1) is 0 Å². The number of thiol groups is 1. The van der Waals surface area contributed by atoms with Crippen LogP contribution in [0.3, 0.4) is 0 Å². The van der Waals surface area contributed by atoms with Crippen molar-refractivity contribution in [3.05, 3.63) is 130 Å². The molecule has 0 aliphatic rings. The van der Waals surface area contributed by atoms with E-state index in [-0.39, 0.29) is 10.4 Å². The Hall–Kier alpha value is -2.54. The highest BCUT2D eigenvalue weighted by Crippen LogP contribution is 2.49. The van der Waals surface area contributed by atoms with Gasteiger partial charge in [0, 0.05) is 22.4 Å². The molecule has 0 spiro atoms. The second-order valence-corrected chi connectivity index (χ2v) is 12.2. The van der Waals surface area contributed by atoms with E-state index in [4.69, 9.17) is 12.6 Å². The van der Waals surface area contributed by atoms with E-state index in [2.05, 4.69) is 112 Å². The lowest BCUT2D eigenvalue weighted by Crippen LogP contribution is -2.21. The van der Waals surface area contributed by atoms with Gasteiger partial charge in [0.25, 0.3) is 0 Å². The third-order valence-electron chi connectivity index (χ3n) is 6.86. The molecule has 1 nitrogen and oxygen atoms in total. The minimum absolute atomic E-state index is 0.173. The van der Waals surface area contributed by atoms with Crippen molar-refractivity contribution >= 4 is 26.5 Å². The number of aromatic hydroxyl groups is 1. The van der Waals surface area contributed by atoms with E-state index in [1.807, 2.05) is 6.07 Å². The number of hydrogen-bond acceptors (Lipinski definition) is 2. The van der Waals surface area contributed by atoms with Crippen molar-refractivity contribution in [1.82, 2.24) is 0 Å². The van der Waals surface area contributed by atoms with Crippen molar-refractivity contribution in [1.29, 1.82) is 0 Å². The first kappa shape index (κ1) is 25.5. The van der Waals surface area contributed by atoms with Gasteiger partial charge in [0.2, 0.25) is 0 Å². The summed E-state index contributed by atoms with van der Waals surface area (Å²) in [5, 5.41) is 13.0. The van der Waals surface area contributed by atoms with Crippen LogP contribution < -0.4 is 5.30 Å². The maximum atomic E-state index is 11.7. The van der Waals surface area contributed by atoms with Crippen LogP contribution in [0.2, 0.25) is 0 Å². The Labute approximate surface area is 217 Å². The number of hydrogen-bond donors (Lipinski definition) is 2. The molecule has 3 unspecified atom stereocenters. The predicted molar refractivity (Wildman–Crippen MR) is 156 cm³/mol. The highest BCUT2D eigenvalue weighted by Gasteiger charge is 2.31. The van der Waals surface area contributed by atoms with Crippen molar-refractivity contribution < 1.29 is 5.11 Å². The first-order valence-electron chi connectivity index (χ1n) is 12.4. The Balaban J connectivity index is 1.80. The standard InChI is InChI=1S/C32H35OPS/c1-4-32(3,34-30-18-12-11-17-28(30)23(2)35)29-22-26(19-24-13-7-5-8-14-24)21-27(31(29)33)20-25-15-9-6-10-16-25/h5-18,21-23,33-35H,4,19-20H2,1-3H3. The van der Waals surface area contributed by atoms with Gasteiger partial charge in [-0.15, -0.1) is 0 Å². The van der Waals surface area contributed by atoms with Crippen molar-refractivity contribution in [2.75, 3.05) is 0 Å². The summed E-state index contributed by atoms with van der Waals surface area (Å²) in [4.78, 5) is 0. The maximum Gasteiger partial charge on any atom is 0.123 e. The molecular formula is C32H35OPS. The SMILES string of the molecule is CCC(C)(Pc1ccccc1C(C)S)c1cc(Cc2ccccc2)cc(Cc2ccccc2)c1O. The second-order valence-electron chi connectivity index (χ2n) is 9.55. The lowest BCUT2D eigenvalue weighted by atomic mass is 9.89. The summed E-state index contributed by atoms with van der Waals surface area (Å²) in [6.07, 6.45) is 2.51. The van der Waals surface area contributed by atoms with E-state index in [1.165, 1.54) is 27.6 Å². The van der Waals surface area contributed by atoms with Crippen LogP contribution in [0, 0.1) is 0 Å². The molecule has 4 rings (SSSR count). The summed E-state index contributed by atoms with van der Waals surface area (Å²) in [7, 11) is 0.534. The normalized spacial score (nSPS) is 14.2. The fraction of sp³-hybridized carbons (Fsp3) is 0.250. The minimum Gasteiger partial charge on any atom is -0.507 e. The van der Waals surface area contributed by atoms with Gasteiger partial charge in [-0.3, -0.25) is 0 Å². The quantitative estimate of drug-likeness (QED) is 0.176. The summed E-state index contributed by atoms with van der Waals surface area (Å²) in [5.41, 5.74) is 7.07. The third-order valence-corrected chi connectivity index (χ3v) is 9.04. The van der Waals surface area contributed by atoms with E-state index in [1.54, 1.807) is 0 Å². The molecule has 4 aromatic rings. The zero-order valence-corrected chi connectivity index (χ0v) is 22.7. The minimum atomic E-state index is -0.180. The Bertz CT molecular complexity index is 1250. The molecule has 1 N–H and O–H groups in total. The molecule has 3 heteroatoms. The molecule has 0 saturated heterocycles. The van der Waals surface area contributed by atoms with Gasteiger partial charge in [-0.1, -0.05) is 119 Å². The van der Waals surface area contributed by atoms with Gasteiger partial charge >= 0.3 is 0 Å². The average Bonchev–Trinajstić information content (AvgIpc) is 2.87. The van der Waals surface area contributed by atoms with Crippen LogP contribution in [0.15, 0.2) is 97.1 Å². The molecule has 0 radical (unpaired) electrons. The molecule has 4 aromatic carbocycles. The second kappa shape index (κ2) is 11.5. The van der Waals surface area contributed by atoms with Gasteiger partial charge in [-0.25, -0.2) is 0 Å². The van der Waals surface area contributed by atoms with Crippen molar-refractivity contribution in [2.24, 2.45) is 0 Å². The number of rotatable bonds is 9. The zero-order valence-electron chi connectivity index (χ0n) is 20.8. The lowest BCUT2D eigenvalue weighted by molar-refractivity contribution is 0.450. The Morgan fingerprint density at radius 3 is 1.97 bits per heavy atom. The van der Waals surface area contributed by atoms with Gasteiger partial charge in [-0.2, -0.15) is 12.6 Å². The van der Waals surface area contributed by atoms with Crippen LogP contribution in [0.1, 0.15) is 65.8 Å². The van der Waals surface area contributed by atoms with Crippen LogP contribution in [0.25, 0.3) is 0 Å². The molecule has 0 fully saturated rings. The van der Waals surface area contributed by atoms with E-state index in [0.29, 0.717) is 14.3 Å². The molecular weight excluding hydrogens is 463 g/mol. The summed E-state index contributed by atoms with van der Waals surface area (Å²) in [6.45, 7) is 6.67.